The Kier molecular flexibility index (Phi) is 6.54. The van der Waals surface area contributed by atoms with Crippen molar-refractivity contribution in [1.82, 2.24) is 15.2 Å². The Labute approximate surface area is 170 Å². The molecule has 1 atom stereocenters. The molecule has 1 aliphatic rings. The number of para-hydroxylation sites is 1. The molecule has 0 bridgehead atoms. The minimum absolute atomic E-state index is 0.150. The molecule has 0 radical (unpaired) electrons. The summed E-state index contributed by atoms with van der Waals surface area (Å²) in [5, 5.41) is 3.84. The molecular formula is C21H29N3O3S. The van der Waals surface area contributed by atoms with Crippen molar-refractivity contribution in [2.75, 3.05) is 19.6 Å². The Balaban J connectivity index is 1.46. The van der Waals surface area contributed by atoms with E-state index in [1.807, 2.05) is 43.9 Å². The maximum atomic E-state index is 12.6. The quantitative estimate of drug-likeness (QED) is 0.755. The fraction of sp³-hybridized carbons (Fsp3) is 0.571. The summed E-state index contributed by atoms with van der Waals surface area (Å²) in [5.74, 6) is 0.465. The lowest BCUT2D eigenvalue weighted by atomic mass is 9.98. The molecule has 1 aromatic heterocycles. The molecule has 2 aromatic rings. The summed E-state index contributed by atoms with van der Waals surface area (Å²) in [4.78, 5) is 31.0. The van der Waals surface area contributed by atoms with Crippen LogP contribution in [0, 0.1) is 0 Å². The van der Waals surface area contributed by atoms with Gasteiger partial charge in [0.05, 0.1) is 15.2 Å². The average molecular weight is 404 g/mol. The first-order valence-electron chi connectivity index (χ1n) is 9.92. The van der Waals surface area contributed by atoms with Gasteiger partial charge in [0.25, 0.3) is 0 Å². The molecule has 1 saturated heterocycles. The van der Waals surface area contributed by atoms with Crippen LogP contribution in [0.15, 0.2) is 24.3 Å². The lowest BCUT2D eigenvalue weighted by Crippen LogP contribution is -2.39. The summed E-state index contributed by atoms with van der Waals surface area (Å²) < 4.78 is 6.40. The molecule has 2 heterocycles. The second-order valence-electron chi connectivity index (χ2n) is 8.23. The molecule has 0 saturated carbocycles. The zero-order valence-corrected chi connectivity index (χ0v) is 17.7. The number of amides is 2. The number of carbonyl (C=O) groups excluding carboxylic acids is 2. The summed E-state index contributed by atoms with van der Waals surface area (Å²) >= 11 is 1.74. The van der Waals surface area contributed by atoms with Crippen LogP contribution in [0.4, 0.5) is 4.79 Å². The highest BCUT2D eigenvalue weighted by atomic mass is 32.1. The molecule has 7 heteroatoms. The molecule has 6 nitrogen and oxygen atoms in total. The van der Waals surface area contributed by atoms with Crippen molar-refractivity contribution >= 4 is 33.6 Å². The van der Waals surface area contributed by atoms with E-state index < -0.39 is 11.7 Å². The fourth-order valence-electron chi connectivity index (χ4n) is 3.37. The van der Waals surface area contributed by atoms with Gasteiger partial charge in [-0.15, -0.1) is 11.3 Å². The van der Waals surface area contributed by atoms with Gasteiger partial charge in [0.1, 0.15) is 5.60 Å². The van der Waals surface area contributed by atoms with Crippen molar-refractivity contribution < 1.29 is 14.3 Å². The van der Waals surface area contributed by atoms with Crippen LogP contribution >= 0.6 is 11.3 Å². The van der Waals surface area contributed by atoms with Crippen LogP contribution in [0.3, 0.4) is 0 Å². The molecule has 1 aromatic carbocycles. The predicted molar refractivity (Wildman–Crippen MR) is 112 cm³/mol. The van der Waals surface area contributed by atoms with Crippen molar-refractivity contribution in [2.45, 2.75) is 58.0 Å². The molecule has 0 unspecified atom stereocenters. The molecule has 2 amide bonds. The summed E-state index contributed by atoms with van der Waals surface area (Å²) in [6.07, 6.45) is 2.68. The van der Waals surface area contributed by atoms with Crippen molar-refractivity contribution in [2.24, 2.45) is 0 Å². The highest BCUT2D eigenvalue weighted by molar-refractivity contribution is 7.18. The van der Waals surface area contributed by atoms with Crippen LogP contribution in [0.2, 0.25) is 0 Å². The number of nitrogens with one attached hydrogen (secondary N) is 1. The van der Waals surface area contributed by atoms with Crippen LogP contribution in [-0.4, -0.2) is 47.1 Å². The number of fused-ring (bicyclic) bond motifs is 1. The Morgan fingerprint density at radius 1 is 1.32 bits per heavy atom. The zero-order valence-electron chi connectivity index (χ0n) is 16.9. The monoisotopic (exact) mass is 403 g/mol. The minimum atomic E-state index is -0.511. The van der Waals surface area contributed by atoms with Crippen LogP contribution < -0.4 is 5.32 Å². The summed E-state index contributed by atoms with van der Waals surface area (Å²) in [6.45, 7) is 7.46. The lowest BCUT2D eigenvalue weighted by Gasteiger charge is -2.32. The number of benzene rings is 1. The topological polar surface area (TPSA) is 71.5 Å². The first-order chi connectivity index (χ1) is 13.3. The van der Waals surface area contributed by atoms with Crippen molar-refractivity contribution in [3.63, 3.8) is 0 Å². The number of ether oxygens (including phenoxy) is 1. The van der Waals surface area contributed by atoms with Crippen LogP contribution in [0.25, 0.3) is 10.2 Å². The average Bonchev–Trinajstić information content (AvgIpc) is 3.08. The van der Waals surface area contributed by atoms with Crippen LogP contribution in [0.5, 0.6) is 0 Å². The van der Waals surface area contributed by atoms with Gasteiger partial charge in [-0.25, -0.2) is 9.78 Å². The first kappa shape index (κ1) is 20.6. The number of thiazole rings is 1. The summed E-state index contributed by atoms with van der Waals surface area (Å²) in [6, 6.07) is 8.18. The van der Waals surface area contributed by atoms with E-state index in [1.165, 1.54) is 4.70 Å². The number of nitrogens with zero attached hydrogens (tertiary/aromatic N) is 2. The molecule has 1 N–H and O–H groups in total. The number of alkyl carbamates (subject to hydrolysis) is 1. The number of rotatable bonds is 5. The third kappa shape index (κ3) is 5.67. The number of carbonyl (C=O) groups is 2. The zero-order chi connectivity index (χ0) is 20.1. The Morgan fingerprint density at radius 3 is 2.86 bits per heavy atom. The molecule has 0 aliphatic carbocycles. The SMILES string of the molecule is CC(C)(C)OC(=O)NCCCC(=O)N1CCC[C@H](c2nc3ccccc3s2)C1. The van der Waals surface area contributed by atoms with Crippen molar-refractivity contribution in [1.29, 1.82) is 0 Å². The summed E-state index contributed by atoms with van der Waals surface area (Å²) in [5.41, 5.74) is 0.530. The largest absolute Gasteiger partial charge is 0.444 e. The van der Waals surface area contributed by atoms with E-state index in [0.717, 1.165) is 36.5 Å². The Hall–Kier alpha value is -2.15. The number of piperidine rings is 1. The number of hydrogen-bond acceptors (Lipinski definition) is 5. The van der Waals surface area contributed by atoms with Crippen molar-refractivity contribution in [3.05, 3.63) is 29.3 Å². The summed E-state index contributed by atoms with van der Waals surface area (Å²) in [7, 11) is 0. The van der Waals surface area contributed by atoms with E-state index in [0.29, 0.717) is 25.3 Å². The lowest BCUT2D eigenvalue weighted by molar-refractivity contribution is -0.132. The van der Waals surface area contributed by atoms with Gasteiger partial charge < -0.3 is 15.0 Å². The molecular weight excluding hydrogens is 374 g/mol. The van der Waals surface area contributed by atoms with Gasteiger partial charge in [-0.1, -0.05) is 12.1 Å². The molecule has 1 fully saturated rings. The molecule has 152 valence electrons. The minimum Gasteiger partial charge on any atom is -0.444 e. The van der Waals surface area contributed by atoms with Crippen LogP contribution in [-0.2, 0) is 9.53 Å². The van der Waals surface area contributed by atoms with Gasteiger partial charge in [-0.2, -0.15) is 0 Å². The second kappa shape index (κ2) is 8.90. The third-order valence-electron chi connectivity index (χ3n) is 4.67. The standard InChI is InChI=1S/C21H29N3O3S/c1-21(2,3)27-20(26)22-12-6-11-18(25)24-13-7-8-15(14-24)19-23-16-9-4-5-10-17(16)28-19/h4-5,9-10,15H,6-8,11-14H2,1-3H3,(H,22,26)/t15-/m0/s1. The van der Waals surface area contributed by atoms with Gasteiger partial charge in [-0.05, 0) is 52.2 Å². The van der Waals surface area contributed by atoms with E-state index in [-0.39, 0.29) is 5.91 Å². The van der Waals surface area contributed by atoms with E-state index in [1.54, 1.807) is 11.3 Å². The number of likely N-dealkylation sites (tertiary alicyclic amines) is 1. The molecule has 3 rings (SSSR count). The van der Waals surface area contributed by atoms with E-state index in [2.05, 4.69) is 11.4 Å². The van der Waals surface area contributed by atoms with Gasteiger partial charge in [0, 0.05) is 32.0 Å². The highest BCUT2D eigenvalue weighted by Crippen LogP contribution is 2.33. The van der Waals surface area contributed by atoms with Crippen LogP contribution in [0.1, 0.15) is 57.4 Å². The maximum absolute atomic E-state index is 12.6. The van der Waals surface area contributed by atoms with E-state index in [4.69, 9.17) is 9.72 Å². The van der Waals surface area contributed by atoms with E-state index in [9.17, 15) is 9.59 Å². The van der Waals surface area contributed by atoms with E-state index >= 15 is 0 Å². The predicted octanol–water partition coefficient (Wildman–Crippen LogP) is 4.31. The Bertz CT molecular complexity index is 795. The van der Waals surface area contributed by atoms with Gasteiger partial charge in [-0.3, -0.25) is 4.79 Å². The molecule has 28 heavy (non-hydrogen) atoms. The van der Waals surface area contributed by atoms with Gasteiger partial charge >= 0.3 is 6.09 Å². The molecule has 1 aliphatic heterocycles. The van der Waals surface area contributed by atoms with Crippen molar-refractivity contribution in [3.8, 4) is 0 Å². The smallest absolute Gasteiger partial charge is 0.407 e. The normalized spacial score (nSPS) is 17.5. The highest BCUT2D eigenvalue weighted by Gasteiger charge is 2.26. The number of aromatic nitrogens is 1. The number of hydrogen-bond donors (Lipinski definition) is 1. The maximum Gasteiger partial charge on any atom is 0.407 e. The Morgan fingerprint density at radius 2 is 2.11 bits per heavy atom. The third-order valence-corrected chi connectivity index (χ3v) is 5.87. The second-order valence-corrected chi connectivity index (χ2v) is 9.29. The van der Waals surface area contributed by atoms with Gasteiger partial charge in [0.2, 0.25) is 5.91 Å². The fourth-order valence-corrected chi connectivity index (χ4v) is 4.47. The first-order valence-corrected chi connectivity index (χ1v) is 10.7. The molecule has 0 spiro atoms. The van der Waals surface area contributed by atoms with Gasteiger partial charge in [0.15, 0.2) is 0 Å².